The van der Waals surface area contributed by atoms with Crippen molar-refractivity contribution < 1.29 is 0 Å². The summed E-state index contributed by atoms with van der Waals surface area (Å²) in [6, 6.07) is 3.79. The van der Waals surface area contributed by atoms with Crippen LogP contribution < -0.4 is 11.3 Å². The maximum atomic E-state index is 12.1. The molecule has 0 aliphatic heterocycles. The fourth-order valence-electron chi connectivity index (χ4n) is 1.86. The lowest BCUT2D eigenvalue weighted by Gasteiger charge is -2.13. The van der Waals surface area contributed by atoms with E-state index in [4.69, 9.17) is 5.73 Å². The van der Waals surface area contributed by atoms with E-state index in [0.717, 1.165) is 24.9 Å². The second-order valence-corrected chi connectivity index (χ2v) is 4.93. The standard InChI is InChI=1S/C12H18N2O/c1-9(2)8-14-7-3-4-10(11(14)15)12(13)5-6-12/h3-4,7,9H,5-6,8,13H2,1-2H3. The summed E-state index contributed by atoms with van der Waals surface area (Å²) in [6.45, 7) is 4.98. The molecular formula is C12H18N2O. The molecule has 0 atom stereocenters. The van der Waals surface area contributed by atoms with Gasteiger partial charge in [-0.15, -0.1) is 0 Å². The van der Waals surface area contributed by atoms with E-state index in [9.17, 15) is 4.79 Å². The molecule has 0 bridgehead atoms. The topological polar surface area (TPSA) is 48.0 Å². The summed E-state index contributed by atoms with van der Waals surface area (Å²) in [5.74, 6) is 0.478. The van der Waals surface area contributed by atoms with Gasteiger partial charge in [0.2, 0.25) is 0 Å². The molecule has 15 heavy (non-hydrogen) atoms. The Bertz CT molecular complexity index is 416. The van der Waals surface area contributed by atoms with Gasteiger partial charge >= 0.3 is 0 Å². The minimum atomic E-state index is -0.322. The Morgan fingerprint density at radius 2 is 2.20 bits per heavy atom. The van der Waals surface area contributed by atoms with Gasteiger partial charge in [-0.2, -0.15) is 0 Å². The van der Waals surface area contributed by atoms with Crippen molar-refractivity contribution in [1.29, 1.82) is 0 Å². The van der Waals surface area contributed by atoms with E-state index in [2.05, 4.69) is 13.8 Å². The fraction of sp³-hybridized carbons (Fsp3) is 0.583. The van der Waals surface area contributed by atoms with E-state index < -0.39 is 0 Å². The molecule has 2 rings (SSSR count). The van der Waals surface area contributed by atoms with Gasteiger partial charge in [0.1, 0.15) is 0 Å². The highest BCUT2D eigenvalue weighted by atomic mass is 16.1. The quantitative estimate of drug-likeness (QED) is 0.813. The largest absolute Gasteiger partial charge is 0.321 e. The predicted molar refractivity (Wildman–Crippen MR) is 60.6 cm³/mol. The minimum absolute atomic E-state index is 0.0891. The molecule has 1 aliphatic rings. The zero-order chi connectivity index (χ0) is 11.1. The Morgan fingerprint density at radius 1 is 1.53 bits per heavy atom. The highest BCUT2D eigenvalue weighted by molar-refractivity contribution is 5.26. The fourth-order valence-corrected chi connectivity index (χ4v) is 1.86. The second kappa shape index (κ2) is 3.49. The van der Waals surface area contributed by atoms with E-state index in [-0.39, 0.29) is 11.1 Å². The van der Waals surface area contributed by atoms with Gasteiger partial charge in [0.05, 0.1) is 0 Å². The van der Waals surface area contributed by atoms with Crippen molar-refractivity contribution in [2.45, 2.75) is 38.8 Å². The van der Waals surface area contributed by atoms with E-state index >= 15 is 0 Å². The third-order valence-electron chi connectivity index (χ3n) is 2.91. The maximum Gasteiger partial charge on any atom is 0.255 e. The van der Waals surface area contributed by atoms with Gasteiger partial charge in [0.25, 0.3) is 5.56 Å². The van der Waals surface area contributed by atoms with Gasteiger partial charge in [0.15, 0.2) is 0 Å². The first-order valence-electron chi connectivity index (χ1n) is 5.52. The van der Waals surface area contributed by atoms with Gasteiger partial charge in [-0.3, -0.25) is 4.79 Å². The van der Waals surface area contributed by atoms with Crippen LogP contribution in [0.4, 0.5) is 0 Å². The zero-order valence-corrected chi connectivity index (χ0v) is 9.36. The molecule has 1 aromatic heterocycles. The SMILES string of the molecule is CC(C)Cn1cccc(C2(N)CC2)c1=O. The van der Waals surface area contributed by atoms with Crippen LogP contribution in [0.15, 0.2) is 23.1 Å². The maximum absolute atomic E-state index is 12.1. The monoisotopic (exact) mass is 206 g/mol. The lowest BCUT2D eigenvalue weighted by molar-refractivity contribution is 0.504. The van der Waals surface area contributed by atoms with Crippen molar-refractivity contribution in [3.05, 3.63) is 34.2 Å². The molecule has 2 N–H and O–H groups in total. The van der Waals surface area contributed by atoms with Crippen molar-refractivity contribution in [3.8, 4) is 0 Å². The summed E-state index contributed by atoms with van der Waals surface area (Å²) in [5.41, 5.74) is 6.60. The number of hydrogen-bond donors (Lipinski definition) is 1. The highest BCUT2D eigenvalue weighted by Gasteiger charge is 2.42. The summed E-state index contributed by atoms with van der Waals surface area (Å²) >= 11 is 0. The second-order valence-electron chi connectivity index (χ2n) is 4.93. The first kappa shape index (κ1) is 10.4. The van der Waals surface area contributed by atoms with Gasteiger partial charge in [-0.05, 0) is 24.8 Å². The molecule has 1 heterocycles. The highest BCUT2D eigenvalue weighted by Crippen LogP contribution is 2.40. The molecular weight excluding hydrogens is 188 g/mol. The average Bonchev–Trinajstić information content (AvgIpc) is 2.88. The summed E-state index contributed by atoms with van der Waals surface area (Å²) in [5, 5.41) is 0. The summed E-state index contributed by atoms with van der Waals surface area (Å²) < 4.78 is 1.77. The predicted octanol–water partition coefficient (Wildman–Crippen LogP) is 1.45. The first-order chi connectivity index (χ1) is 7.03. The molecule has 0 aromatic carbocycles. The number of pyridine rings is 1. The van der Waals surface area contributed by atoms with Crippen LogP contribution in [-0.2, 0) is 12.1 Å². The Kier molecular flexibility index (Phi) is 2.43. The number of nitrogens with zero attached hydrogens (tertiary/aromatic N) is 1. The van der Waals surface area contributed by atoms with Crippen LogP contribution in [0.3, 0.4) is 0 Å². The van der Waals surface area contributed by atoms with E-state index in [0.29, 0.717) is 5.92 Å². The van der Waals surface area contributed by atoms with Crippen LogP contribution in [0.25, 0.3) is 0 Å². The molecule has 3 heteroatoms. The molecule has 0 amide bonds. The summed E-state index contributed by atoms with van der Waals surface area (Å²) in [4.78, 5) is 12.1. The van der Waals surface area contributed by atoms with Crippen LogP contribution in [0, 0.1) is 5.92 Å². The number of nitrogens with two attached hydrogens (primary N) is 1. The molecule has 3 nitrogen and oxygen atoms in total. The van der Waals surface area contributed by atoms with Gasteiger partial charge < -0.3 is 10.3 Å². The van der Waals surface area contributed by atoms with Crippen LogP contribution in [-0.4, -0.2) is 4.57 Å². The van der Waals surface area contributed by atoms with Crippen molar-refractivity contribution in [1.82, 2.24) is 4.57 Å². The Balaban J connectivity index is 2.38. The molecule has 0 spiro atoms. The molecule has 0 unspecified atom stereocenters. The molecule has 1 aliphatic carbocycles. The van der Waals surface area contributed by atoms with E-state index in [1.807, 2.05) is 18.3 Å². The Morgan fingerprint density at radius 3 is 2.73 bits per heavy atom. The number of hydrogen-bond acceptors (Lipinski definition) is 2. The molecule has 1 fully saturated rings. The van der Waals surface area contributed by atoms with Crippen LogP contribution in [0.2, 0.25) is 0 Å². The number of aromatic nitrogens is 1. The van der Waals surface area contributed by atoms with Crippen molar-refractivity contribution in [2.24, 2.45) is 11.7 Å². The lowest BCUT2D eigenvalue weighted by Crippen LogP contribution is -2.33. The third kappa shape index (κ3) is 1.97. The van der Waals surface area contributed by atoms with Gasteiger partial charge in [-0.25, -0.2) is 0 Å². The third-order valence-corrected chi connectivity index (χ3v) is 2.91. The van der Waals surface area contributed by atoms with Crippen molar-refractivity contribution in [3.63, 3.8) is 0 Å². The van der Waals surface area contributed by atoms with Gasteiger partial charge in [-0.1, -0.05) is 19.9 Å². The first-order valence-corrected chi connectivity index (χ1v) is 5.52. The smallest absolute Gasteiger partial charge is 0.255 e. The Labute approximate surface area is 89.9 Å². The molecule has 1 aromatic rings. The van der Waals surface area contributed by atoms with E-state index in [1.165, 1.54) is 0 Å². The molecule has 82 valence electrons. The summed E-state index contributed by atoms with van der Waals surface area (Å²) in [6.07, 6.45) is 3.72. The van der Waals surface area contributed by atoms with Crippen LogP contribution in [0.1, 0.15) is 32.3 Å². The Hall–Kier alpha value is -1.09. The lowest BCUT2D eigenvalue weighted by atomic mass is 10.1. The van der Waals surface area contributed by atoms with Crippen LogP contribution in [0.5, 0.6) is 0 Å². The van der Waals surface area contributed by atoms with Crippen molar-refractivity contribution in [2.75, 3.05) is 0 Å². The zero-order valence-electron chi connectivity index (χ0n) is 9.36. The van der Waals surface area contributed by atoms with Gasteiger partial charge in [0, 0.05) is 23.8 Å². The van der Waals surface area contributed by atoms with Crippen molar-refractivity contribution >= 4 is 0 Å². The average molecular weight is 206 g/mol. The molecule has 1 saturated carbocycles. The molecule has 0 saturated heterocycles. The minimum Gasteiger partial charge on any atom is -0.321 e. The number of rotatable bonds is 3. The van der Waals surface area contributed by atoms with Crippen LogP contribution >= 0.6 is 0 Å². The van der Waals surface area contributed by atoms with E-state index in [1.54, 1.807) is 4.57 Å². The summed E-state index contributed by atoms with van der Waals surface area (Å²) in [7, 11) is 0. The molecule has 0 radical (unpaired) electrons. The normalized spacial score (nSPS) is 18.1.